The van der Waals surface area contributed by atoms with Crippen molar-refractivity contribution in [3.63, 3.8) is 0 Å². The molecule has 1 aromatic rings. The Morgan fingerprint density at radius 1 is 1.07 bits per heavy atom. The van der Waals surface area contributed by atoms with Crippen LogP contribution in [-0.4, -0.2) is 73.5 Å². The van der Waals surface area contributed by atoms with Gasteiger partial charge >= 0.3 is 6.03 Å². The average Bonchev–Trinajstić information content (AvgIpc) is 3.23. The highest BCUT2D eigenvalue weighted by atomic mass is 16.2. The van der Waals surface area contributed by atoms with E-state index in [0.717, 1.165) is 25.9 Å². The summed E-state index contributed by atoms with van der Waals surface area (Å²) in [5.41, 5.74) is 1.26. The Morgan fingerprint density at radius 2 is 1.70 bits per heavy atom. The van der Waals surface area contributed by atoms with E-state index in [1.165, 1.54) is 18.4 Å². The van der Waals surface area contributed by atoms with Crippen molar-refractivity contribution in [3.05, 3.63) is 35.9 Å². The van der Waals surface area contributed by atoms with Gasteiger partial charge in [0.15, 0.2) is 0 Å². The van der Waals surface area contributed by atoms with Gasteiger partial charge in [0.2, 0.25) is 5.91 Å². The number of benzene rings is 1. The second-order valence-corrected chi connectivity index (χ2v) is 7.85. The van der Waals surface area contributed by atoms with Crippen LogP contribution in [0.1, 0.15) is 37.3 Å². The zero-order valence-electron chi connectivity index (χ0n) is 16.6. The van der Waals surface area contributed by atoms with Crippen molar-refractivity contribution in [3.8, 4) is 0 Å². The molecule has 1 unspecified atom stereocenters. The van der Waals surface area contributed by atoms with Gasteiger partial charge in [-0.2, -0.15) is 0 Å². The lowest BCUT2D eigenvalue weighted by atomic mass is 9.96. The molecule has 2 heterocycles. The van der Waals surface area contributed by atoms with Gasteiger partial charge in [0, 0.05) is 39.6 Å². The van der Waals surface area contributed by atoms with Gasteiger partial charge in [-0.25, -0.2) is 4.79 Å². The molecular formula is C21H32N4O2. The van der Waals surface area contributed by atoms with Crippen molar-refractivity contribution >= 4 is 11.9 Å². The van der Waals surface area contributed by atoms with Crippen LogP contribution >= 0.6 is 0 Å². The number of hydrogen-bond acceptors (Lipinski definition) is 3. The first-order valence-electron chi connectivity index (χ1n) is 10.1. The number of nitrogens with zero attached hydrogens (tertiary/aromatic N) is 3. The van der Waals surface area contributed by atoms with Crippen molar-refractivity contribution in [1.29, 1.82) is 0 Å². The van der Waals surface area contributed by atoms with Crippen LogP contribution in [0.25, 0.3) is 0 Å². The monoisotopic (exact) mass is 372 g/mol. The summed E-state index contributed by atoms with van der Waals surface area (Å²) in [5, 5.41) is 3.14. The van der Waals surface area contributed by atoms with E-state index in [9.17, 15) is 9.59 Å². The first-order chi connectivity index (χ1) is 13.1. The Kier molecular flexibility index (Phi) is 6.72. The molecule has 1 N–H and O–H groups in total. The molecule has 2 saturated heterocycles. The highest BCUT2D eigenvalue weighted by molar-refractivity contribution is 5.79. The first kappa shape index (κ1) is 19.7. The highest BCUT2D eigenvalue weighted by Crippen LogP contribution is 2.25. The maximum absolute atomic E-state index is 12.7. The van der Waals surface area contributed by atoms with Gasteiger partial charge in [-0.1, -0.05) is 30.3 Å². The lowest BCUT2D eigenvalue weighted by molar-refractivity contribution is -0.134. The zero-order chi connectivity index (χ0) is 19.2. The number of rotatable bonds is 5. The molecule has 0 aliphatic carbocycles. The third-order valence-corrected chi connectivity index (χ3v) is 5.78. The fraction of sp³-hybridized carbons (Fsp3) is 0.619. The van der Waals surface area contributed by atoms with Crippen LogP contribution in [0.3, 0.4) is 0 Å². The minimum Gasteiger partial charge on any atom is -0.349 e. The fourth-order valence-corrected chi connectivity index (χ4v) is 4.18. The van der Waals surface area contributed by atoms with Gasteiger partial charge in [-0.05, 0) is 44.3 Å². The van der Waals surface area contributed by atoms with Crippen LogP contribution in [0.15, 0.2) is 30.3 Å². The molecular weight excluding hydrogens is 340 g/mol. The Bertz CT molecular complexity index is 620. The summed E-state index contributed by atoms with van der Waals surface area (Å²) in [7, 11) is 3.59. The summed E-state index contributed by atoms with van der Waals surface area (Å²) in [6.07, 6.45) is 3.95. The highest BCUT2D eigenvalue weighted by Gasteiger charge is 2.29. The number of amides is 3. The van der Waals surface area contributed by atoms with Crippen molar-refractivity contribution in [2.45, 2.75) is 31.7 Å². The second-order valence-electron chi connectivity index (χ2n) is 7.85. The molecule has 0 radical (unpaired) electrons. The fourth-order valence-electron chi connectivity index (χ4n) is 4.18. The number of carbonyl (C=O) groups is 2. The van der Waals surface area contributed by atoms with E-state index in [1.807, 2.05) is 11.0 Å². The Labute approximate surface area is 162 Å². The summed E-state index contributed by atoms with van der Waals surface area (Å²) in [4.78, 5) is 30.7. The number of urea groups is 1. The molecule has 0 saturated carbocycles. The molecule has 1 aromatic carbocycles. The molecule has 0 spiro atoms. The van der Waals surface area contributed by atoms with Gasteiger partial charge in [-0.15, -0.1) is 0 Å². The lowest BCUT2D eigenvalue weighted by Crippen LogP contribution is -2.48. The largest absolute Gasteiger partial charge is 0.349 e. The van der Waals surface area contributed by atoms with E-state index < -0.39 is 0 Å². The maximum Gasteiger partial charge on any atom is 0.317 e. The Morgan fingerprint density at radius 3 is 2.30 bits per heavy atom. The summed E-state index contributed by atoms with van der Waals surface area (Å²) in [6, 6.07) is 10.7. The zero-order valence-corrected chi connectivity index (χ0v) is 16.6. The second kappa shape index (κ2) is 9.22. The van der Waals surface area contributed by atoms with Crippen molar-refractivity contribution in [2.24, 2.45) is 5.92 Å². The third kappa shape index (κ3) is 5.01. The number of hydrogen-bond donors (Lipinski definition) is 1. The van der Waals surface area contributed by atoms with Crippen LogP contribution < -0.4 is 5.32 Å². The van der Waals surface area contributed by atoms with E-state index >= 15 is 0 Å². The van der Waals surface area contributed by atoms with Gasteiger partial charge in [0.25, 0.3) is 0 Å². The predicted octanol–water partition coefficient (Wildman–Crippen LogP) is 2.33. The molecule has 148 valence electrons. The van der Waals surface area contributed by atoms with Gasteiger partial charge < -0.3 is 15.1 Å². The van der Waals surface area contributed by atoms with Crippen molar-refractivity contribution in [2.75, 3.05) is 46.8 Å². The number of piperidine rings is 1. The van der Waals surface area contributed by atoms with Crippen LogP contribution in [-0.2, 0) is 4.79 Å². The minimum absolute atomic E-state index is 0.00844. The number of nitrogens with one attached hydrogen (secondary N) is 1. The first-order valence-corrected chi connectivity index (χ1v) is 10.1. The predicted molar refractivity (Wildman–Crippen MR) is 106 cm³/mol. The summed E-state index contributed by atoms with van der Waals surface area (Å²) < 4.78 is 0. The molecule has 0 bridgehead atoms. The summed E-state index contributed by atoms with van der Waals surface area (Å²) in [6.45, 7) is 4.10. The van der Waals surface area contributed by atoms with Crippen molar-refractivity contribution in [1.82, 2.24) is 20.0 Å². The van der Waals surface area contributed by atoms with Gasteiger partial charge in [0.1, 0.15) is 0 Å². The molecule has 3 amide bonds. The van der Waals surface area contributed by atoms with E-state index in [4.69, 9.17) is 0 Å². The Hall–Kier alpha value is -2.08. The molecule has 1 atom stereocenters. The third-order valence-electron chi connectivity index (χ3n) is 5.78. The molecule has 6 heteroatoms. The standard InChI is InChI=1S/C21H32N4O2/c1-23(2)20(26)18-10-14-25(15-11-18)21(27)22-16-19(24-12-6-7-13-24)17-8-4-3-5-9-17/h3-5,8-9,18-19H,6-7,10-16H2,1-2H3,(H,22,27). The summed E-state index contributed by atoms with van der Waals surface area (Å²) in [5.74, 6) is 0.221. The number of likely N-dealkylation sites (tertiary alicyclic amines) is 2. The van der Waals surface area contributed by atoms with E-state index in [1.54, 1.807) is 19.0 Å². The molecule has 3 rings (SSSR count). The van der Waals surface area contributed by atoms with Crippen LogP contribution in [0.5, 0.6) is 0 Å². The topological polar surface area (TPSA) is 55.9 Å². The van der Waals surface area contributed by atoms with E-state index in [-0.39, 0.29) is 23.9 Å². The van der Waals surface area contributed by atoms with E-state index in [2.05, 4.69) is 34.5 Å². The normalized spacial score (nSPS) is 19.7. The number of carbonyl (C=O) groups excluding carboxylic acids is 2. The SMILES string of the molecule is CN(C)C(=O)C1CCN(C(=O)NCC(c2ccccc2)N2CCCC2)CC1. The van der Waals surface area contributed by atoms with Crippen LogP contribution in [0, 0.1) is 5.92 Å². The maximum atomic E-state index is 12.7. The Balaban J connectivity index is 1.53. The van der Waals surface area contributed by atoms with Gasteiger partial charge in [-0.3, -0.25) is 9.69 Å². The van der Waals surface area contributed by atoms with Crippen LogP contribution in [0.2, 0.25) is 0 Å². The molecule has 2 fully saturated rings. The average molecular weight is 373 g/mol. The quantitative estimate of drug-likeness (QED) is 0.863. The summed E-state index contributed by atoms with van der Waals surface area (Å²) >= 11 is 0. The molecule has 2 aliphatic rings. The van der Waals surface area contributed by atoms with Crippen molar-refractivity contribution < 1.29 is 9.59 Å². The van der Waals surface area contributed by atoms with E-state index in [0.29, 0.717) is 19.6 Å². The molecule has 27 heavy (non-hydrogen) atoms. The minimum atomic E-state index is -0.00844. The van der Waals surface area contributed by atoms with Gasteiger partial charge in [0.05, 0.1) is 6.04 Å². The molecule has 0 aromatic heterocycles. The van der Waals surface area contributed by atoms with Crippen LogP contribution in [0.4, 0.5) is 4.79 Å². The molecule has 6 nitrogen and oxygen atoms in total. The lowest BCUT2D eigenvalue weighted by Gasteiger charge is -2.34. The molecule has 2 aliphatic heterocycles. The smallest absolute Gasteiger partial charge is 0.317 e.